The molecule has 124 valence electrons. The highest BCUT2D eigenvalue weighted by molar-refractivity contribution is 5.85. The molecule has 0 fully saturated rings. The fraction of sp³-hybridized carbons (Fsp3) is 0.333. The topological polar surface area (TPSA) is 17.0 Å². The van der Waals surface area contributed by atoms with E-state index in [4.69, 9.17) is 0 Å². The second-order valence-corrected chi connectivity index (χ2v) is 6.58. The van der Waals surface area contributed by atoms with Gasteiger partial charge in [-0.15, -0.1) is 0 Å². The first-order valence-electron chi connectivity index (χ1n) is 8.85. The molecule has 1 aliphatic carbocycles. The Hall–Kier alpha value is -2.13. The van der Waals surface area contributed by atoms with Crippen molar-refractivity contribution in [3.63, 3.8) is 0 Å². The largest absolute Gasteiger partial charge is 0.344 e. The zero-order chi connectivity index (χ0) is 16.4. The number of aryl methyl sites for hydroxylation is 1. The lowest BCUT2D eigenvalue weighted by molar-refractivity contribution is 0.628. The average molecular weight is 322 g/mol. The SMILES string of the molecule is Fc1ccc2c(c1)c1c(n2CCC2=CC=CCC=C2)CCCNC1. The van der Waals surface area contributed by atoms with Crippen LogP contribution >= 0.6 is 0 Å². The molecule has 2 aliphatic rings. The van der Waals surface area contributed by atoms with Crippen LogP contribution in [0.15, 0.2) is 54.2 Å². The standard InChI is InChI=1S/C21H23FN2/c22-17-9-10-21-18(14-17)19-15-23-12-5-8-20(19)24(21)13-11-16-6-3-1-2-4-7-16/h1,3-4,6-7,9-10,14,23H,2,5,8,11-13,15H2. The molecular weight excluding hydrogens is 299 g/mol. The molecule has 0 spiro atoms. The van der Waals surface area contributed by atoms with Gasteiger partial charge in [0.05, 0.1) is 0 Å². The number of aromatic nitrogens is 1. The van der Waals surface area contributed by atoms with Crippen molar-refractivity contribution in [2.75, 3.05) is 6.54 Å². The van der Waals surface area contributed by atoms with Gasteiger partial charge in [-0.05, 0) is 61.6 Å². The highest BCUT2D eigenvalue weighted by atomic mass is 19.1. The maximum absolute atomic E-state index is 13.8. The quantitative estimate of drug-likeness (QED) is 0.870. The van der Waals surface area contributed by atoms with Crippen LogP contribution in [0.5, 0.6) is 0 Å². The van der Waals surface area contributed by atoms with Gasteiger partial charge in [0.2, 0.25) is 0 Å². The fourth-order valence-electron chi connectivity index (χ4n) is 3.81. The van der Waals surface area contributed by atoms with E-state index in [2.05, 4.69) is 40.3 Å². The molecule has 0 saturated heterocycles. The molecule has 0 amide bonds. The Morgan fingerprint density at radius 2 is 2.17 bits per heavy atom. The Morgan fingerprint density at radius 1 is 1.21 bits per heavy atom. The molecule has 0 saturated carbocycles. The molecule has 24 heavy (non-hydrogen) atoms. The molecule has 1 aromatic heterocycles. The average Bonchev–Trinajstić information content (AvgIpc) is 2.85. The summed E-state index contributed by atoms with van der Waals surface area (Å²) in [6.45, 7) is 2.82. The van der Waals surface area contributed by atoms with E-state index >= 15 is 0 Å². The summed E-state index contributed by atoms with van der Waals surface area (Å²) in [5, 5.41) is 4.55. The zero-order valence-corrected chi connectivity index (χ0v) is 13.9. The molecule has 0 bridgehead atoms. The molecule has 0 radical (unpaired) electrons. The van der Waals surface area contributed by atoms with Gasteiger partial charge < -0.3 is 9.88 Å². The van der Waals surface area contributed by atoms with Crippen LogP contribution in [0.25, 0.3) is 10.9 Å². The van der Waals surface area contributed by atoms with Gasteiger partial charge in [0.15, 0.2) is 0 Å². The maximum Gasteiger partial charge on any atom is 0.123 e. The Bertz CT molecular complexity index is 839. The Balaban J connectivity index is 1.72. The van der Waals surface area contributed by atoms with Crippen molar-refractivity contribution in [2.24, 2.45) is 0 Å². The third-order valence-electron chi connectivity index (χ3n) is 4.99. The molecule has 0 unspecified atom stereocenters. The van der Waals surface area contributed by atoms with Crippen LogP contribution in [0, 0.1) is 5.82 Å². The lowest BCUT2D eigenvalue weighted by Crippen LogP contribution is -2.11. The maximum atomic E-state index is 13.8. The van der Waals surface area contributed by atoms with Gasteiger partial charge in [0, 0.05) is 29.7 Å². The Morgan fingerprint density at radius 3 is 3.12 bits per heavy atom. The van der Waals surface area contributed by atoms with E-state index in [1.165, 1.54) is 22.3 Å². The third-order valence-corrected chi connectivity index (χ3v) is 4.99. The van der Waals surface area contributed by atoms with Gasteiger partial charge in [-0.3, -0.25) is 0 Å². The summed E-state index contributed by atoms with van der Waals surface area (Å²) < 4.78 is 16.2. The summed E-state index contributed by atoms with van der Waals surface area (Å²) in [6.07, 6.45) is 15.2. The van der Waals surface area contributed by atoms with Gasteiger partial charge in [-0.2, -0.15) is 0 Å². The fourth-order valence-corrected chi connectivity index (χ4v) is 3.81. The van der Waals surface area contributed by atoms with Crippen LogP contribution in [0.3, 0.4) is 0 Å². The van der Waals surface area contributed by atoms with E-state index in [1.54, 1.807) is 12.1 Å². The Kier molecular flexibility index (Phi) is 4.35. The summed E-state index contributed by atoms with van der Waals surface area (Å²) in [6, 6.07) is 5.22. The number of halogens is 1. The van der Waals surface area contributed by atoms with Crippen LogP contribution in [0.4, 0.5) is 4.39 Å². The highest BCUT2D eigenvalue weighted by Crippen LogP contribution is 2.30. The Labute approximate surface area is 142 Å². The van der Waals surface area contributed by atoms with E-state index in [0.717, 1.165) is 50.7 Å². The first-order chi connectivity index (χ1) is 11.8. The number of nitrogens with one attached hydrogen (secondary N) is 1. The van der Waals surface area contributed by atoms with Crippen molar-refractivity contribution >= 4 is 10.9 Å². The van der Waals surface area contributed by atoms with Crippen molar-refractivity contribution in [3.8, 4) is 0 Å². The number of hydrogen-bond donors (Lipinski definition) is 1. The second-order valence-electron chi connectivity index (χ2n) is 6.58. The monoisotopic (exact) mass is 322 g/mol. The van der Waals surface area contributed by atoms with Crippen molar-refractivity contribution in [2.45, 2.75) is 38.8 Å². The van der Waals surface area contributed by atoms with E-state index in [1.807, 2.05) is 6.07 Å². The first kappa shape index (κ1) is 15.4. The summed E-state index contributed by atoms with van der Waals surface area (Å²) in [5.74, 6) is -0.147. The first-order valence-corrected chi connectivity index (χ1v) is 8.85. The molecule has 1 aromatic carbocycles. The van der Waals surface area contributed by atoms with Crippen molar-refractivity contribution in [3.05, 3.63) is 71.2 Å². The second kappa shape index (κ2) is 6.78. The highest BCUT2D eigenvalue weighted by Gasteiger charge is 2.19. The van der Waals surface area contributed by atoms with Crippen molar-refractivity contribution in [1.82, 2.24) is 9.88 Å². The predicted molar refractivity (Wildman–Crippen MR) is 97.5 cm³/mol. The molecule has 0 atom stereocenters. The minimum Gasteiger partial charge on any atom is -0.344 e. The van der Waals surface area contributed by atoms with Crippen molar-refractivity contribution < 1.29 is 4.39 Å². The van der Waals surface area contributed by atoms with Crippen LogP contribution in [0.1, 0.15) is 30.5 Å². The van der Waals surface area contributed by atoms with Gasteiger partial charge in [-0.1, -0.05) is 30.4 Å². The molecule has 2 heterocycles. The van der Waals surface area contributed by atoms with Gasteiger partial charge >= 0.3 is 0 Å². The lowest BCUT2D eigenvalue weighted by Gasteiger charge is -2.11. The van der Waals surface area contributed by atoms with Crippen LogP contribution < -0.4 is 5.32 Å². The number of rotatable bonds is 3. The molecular formula is C21H23FN2. The number of nitrogens with zero attached hydrogens (tertiary/aromatic N) is 1. The summed E-state index contributed by atoms with van der Waals surface area (Å²) in [7, 11) is 0. The van der Waals surface area contributed by atoms with E-state index in [0.29, 0.717) is 0 Å². The number of benzene rings is 1. The molecule has 1 aliphatic heterocycles. The minimum absolute atomic E-state index is 0.147. The molecule has 2 aromatic rings. The van der Waals surface area contributed by atoms with Crippen LogP contribution in [-0.4, -0.2) is 11.1 Å². The molecule has 3 heteroatoms. The van der Waals surface area contributed by atoms with E-state index < -0.39 is 0 Å². The lowest BCUT2D eigenvalue weighted by atomic mass is 10.1. The van der Waals surface area contributed by atoms with Gasteiger partial charge in [0.1, 0.15) is 5.82 Å². The van der Waals surface area contributed by atoms with E-state index in [-0.39, 0.29) is 5.82 Å². The summed E-state index contributed by atoms with van der Waals surface area (Å²) in [4.78, 5) is 0. The number of fused-ring (bicyclic) bond motifs is 3. The molecule has 2 nitrogen and oxygen atoms in total. The summed E-state index contributed by atoms with van der Waals surface area (Å²) >= 11 is 0. The number of hydrogen-bond acceptors (Lipinski definition) is 1. The van der Waals surface area contributed by atoms with Crippen LogP contribution in [-0.2, 0) is 19.5 Å². The minimum atomic E-state index is -0.147. The smallest absolute Gasteiger partial charge is 0.123 e. The van der Waals surface area contributed by atoms with Crippen LogP contribution in [0.2, 0.25) is 0 Å². The number of allylic oxidation sites excluding steroid dienone is 6. The van der Waals surface area contributed by atoms with E-state index in [9.17, 15) is 4.39 Å². The zero-order valence-electron chi connectivity index (χ0n) is 13.9. The normalized spacial score (nSPS) is 17.5. The third kappa shape index (κ3) is 2.96. The molecule has 4 rings (SSSR count). The summed E-state index contributed by atoms with van der Waals surface area (Å²) in [5.41, 5.74) is 5.19. The molecule has 1 N–H and O–H groups in total. The van der Waals surface area contributed by atoms with Crippen molar-refractivity contribution in [1.29, 1.82) is 0 Å². The van der Waals surface area contributed by atoms with Gasteiger partial charge in [0.25, 0.3) is 0 Å². The predicted octanol–water partition coefficient (Wildman–Crippen LogP) is 4.65. The van der Waals surface area contributed by atoms with Gasteiger partial charge in [-0.25, -0.2) is 4.39 Å².